The number of amides is 2. The minimum atomic E-state index is -2.75. The van der Waals surface area contributed by atoms with Crippen LogP contribution < -0.4 is 21.4 Å². The SMILES string of the molecule is CN(C)c1cc(NC(=O)CNOCc2ccccc2)c(O)c2c1CC1CC3[C@H](N(C)C)C(=O)C(C(N)=O)=C(O)[C@@]3(O)C(=O)C1=C2O. The van der Waals surface area contributed by atoms with Gasteiger partial charge in [0.05, 0.1) is 23.9 Å². The normalized spacial score (nSPS) is 24.0. The van der Waals surface area contributed by atoms with Crippen LogP contribution in [0.1, 0.15) is 23.1 Å². The number of nitrogens with zero attached hydrogens (tertiary/aromatic N) is 2. The van der Waals surface area contributed by atoms with Crippen molar-refractivity contribution in [2.75, 3.05) is 45.0 Å². The number of phenols is 1. The summed E-state index contributed by atoms with van der Waals surface area (Å²) in [6.07, 6.45) is 0.0747. The van der Waals surface area contributed by atoms with Crippen molar-refractivity contribution in [2.45, 2.75) is 31.1 Å². The zero-order valence-corrected chi connectivity index (χ0v) is 25.8. The molecule has 0 heterocycles. The van der Waals surface area contributed by atoms with Gasteiger partial charge < -0.3 is 36.4 Å². The molecule has 0 radical (unpaired) electrons. The predicted molar refractivity (Wildman–Crippen MR) is 166 cm³/mol. The van der Waals surface area contributed by atoms with Gasteiger partial charge in [-0.05, 0) is 50.0 Å². The van der Waals surface area contributed by atoms with Crippen LogP contribution in [0.3, 0.4) is 0 Å². The summed E-state index contributed by atoms with van der Waals surface area (Å²) in [5.41, 5.74) is 5.72. The first kappa shape index (κ1) is 32.6. The number of rotatable bonds is 9. The van der Waals surface area contributed by atoms with E-state index in [2.05, 4.69) is 10.8 Å². The van der Waals surface area contributed by atoms with Crippen LogP contribution in [0.2, 0.25) is 0 Å². The lowest BCUT2D eigenvalue weighted by molar-refractivity contribution is -0.153. The topological polar surface area (TPSA) is 215 Å². The van der Waals surface area contributed by atoms with Crippen LogP contribution in [0.5, 0.6) is 5.75 Å². The Hall–Kier alpha value is -4.76. The van der Waals surface area contributed by atoms with Gasteiger partial charge >= 0.3 is 0 Å². The number of carbonyl (C=O) groups excluding carboxylic acids is 4. The van der Waals surface area contributed by atoms with Crippen molar-refractivity contribution >= 4 is 40.5 Å². The summed E-state index contributed by atoms with van der Waals surface area (Å²) in [5.74, 6) is -8.07. The maximum absolute atomic E-state index is 14.1. The van der Waals surface area contributed by atoms with Crippen molar-refractivity contribution in [3.8, 4) is 5.75 Å². The number of hydrogen-bond acceptors (Lipinski definition) is 12. The third-order valence-corrected chi connectivity index (χ3v) is 8.87. The zero-order chi connectivity index (χ0) is 33.7. The van der Waals surface area contributed by atoms with Gasteiger partial charge in [-0.2, -0.15) is 5.48 Å². The van der Waals surface area contributed by atoms with Crippen molar-refractivity contribution < 1.29 is 44.4 Å². The summed E-state index contributed by atoms with van der Waals surface area (Å²) in [6, 6.07) is 9.66. The molecule has 2 aromatic carbocycles. The smallest absolute Gasteiger partial charge is 0.255 e. The number of aliphatic hydroxyl groups is 3. The van der Waals surface area contributed by atoms with E-state index in [1.165, 1.54) is 25.1 Å². The molecule has 2 aromatic rings. The lowest BCUT2D eigenvalue weighted by Gasteiger charge is -2.50. The second kappa shape index (κ2) is 12.2. The molecule has 0 spiro atoms. The number of nitrogens with two attached hydrogens (primary N) is 1. The molecular weight excluding hydrogens is 598 g/mol. The molecule has 8 N–H and O–H groups in total. The summed E-state index contributed by atoms with van der Waals surface area (Å²) in [6.45, 7) is -0.0652. The first-order chi connectivity index (χ1) is 21.7. The molecule has 0 aromatic heterocycles. The quantitative estimate of drug-likeness (QED) is 0.0877. The summed E-state index contributed by atoms with van der Waals surface area (Å²) < 4.78 is 0. The van der Waals surface area contributed by atoms with Crippen molar-refractivity contribution in [3.05, 3.63) is 70.0 Å². The average molecular weight is 636 g/mol. The Balaban J connectivity index is 1.51. The van der Waals surface area contributed by atoms with Crippen molar-refractivity contribution in [3.63, 3.8) is 0 Å². The monoisotopic (exact) mass is 635 g/mol. The number of aliphatic hydroxyl groups excluding tert-OH is 2. The lowest BCUT2D eigenvalue weighted by atomic mass is 9.57. The number of hydrogen-bond donors (Lipinski definition) is 7. The van der Waals surface area contributed by atoms with Crippen molar-refractivity contribution in [1.29, 1.82) is 0 Å². The molecule has 5 rings (SSSR count). The van der Waals surface area contributed by atoms with Crippen LogP contribution in [0.4, 0.5) is 11.4 Å². The number of ketones is 2. The molecule has 14 nitrogen and oxygen atoms in total. The Bertz CT molecular complexity index is 1680. The van der Waals surface area contributed by atoms with Gasteiger partial charge in [0, 0.05) is 31.3 Å². The van der Waals surface area contributed by atoms with E-state index < -0.39 is 69.7 Å². The van der Waals surface area contributed by atoms with E-state index in [0.717, 1.165) is 5.56 Å². The maximum Gasteiger partial charge on any atom is 0.255 e. The van der Waals surface area contributed by atoms with Crippen LogP contribution >= 0.6 is 0 Å². The summed E-state index contributed by atoms with van der Waals surface area (Å²) in [4.78, 5) is 60.9. The number of carbonyl (C=O) groups is 4. The summed E-state index contributed by atoms with van der Waals surface area (Å²) in [7, 11) is 6.54. The van der Waals surface area contributed by atoms with E-state index in [4.69, 9.17) is 10.6 Å². The molecule has 46 heavy (non-hydrogen) atoms. The second-order valence-corrected chi connectivity index (χ2v) is 12.1. The maximum atomic E-state index is 14.1. The van der Waals surface area contributed by atoms with Gasteiger partial charge in [-0.25, -0.2) is 0 Å². The average Bonchev–Trinajstić information content (AvgIpc) is 2.98. The Kier molecular flexibility index (Phi) is 8.66. The first-order valence-corrected chi connectivity index (χ1v) is 14.6. The third kappa shape index (κ3) is 5.28. The zero-order valence-electron chi connectivity index (χ0n) is 25.8. The van der Waals surface area contributed by atoms with E-state index in [-0.39, 0.29) is 42.8 Å². The second-order valence-electron chi connectivity index (χ2n) is 12.1. The van der Waals surface area contributed by atoms with Gasteiger partial charge in [0.15, 0.2) is 11.4 Å². The Morgan fingerprint density at radius 1 is 1.09 bits per heavy atom. The molecular formula is C32H37N5O9. The standard InChI is InChI=1S/C32H37N5O9/c1-36(2)20-12-19(35-21(38)13-34-46-14-15-8-6-5-7-9-15)26(39)23-17(20)10-16-11-18-25(37(3)4)28(41)24(31(33)44)30(43)32(18,45)29(42)22(16)27(23)40/h5-9,12,16,18,25,34,39-40,43,45H,10-11,13-14H2,1-4H3,(H2,33,44)(H,35,38)/t16?,18?,25-,32-/m0/s1. The van der Waals surface area contributed by atoms with Crippen LogP contribution in [-0.4, -0.2) is 95.1 Å². The molecule has 14 heteroatoms. The van der Waals surface area contributed by atoms with Gasteiger partial charge in [0.25, 0.3) is 5.91 Å². The van der Waals surface area contributed by atoms with E-state index in [1.807, 2.05) is 30.3 Å². The molecule has 2 unspecified atom stereocenters. The highest BCUT2D eigenvalue weighted by atomic mass is 16.6. The largest absolute Gasteiger partial charge is 0.508 e. The number of hydroxylamine groups is 1. The van der Waals surface area contributed by atoms with Gasteiger partial charge in [-0.15, -0.1) is 0 Å². The van der Waals surface area contributed by atoms with E-state index in [0.29, 0.717) is 11.3 Å². The molecule has 0 aliphatic heterocycles. The molecule has 4 atom stereocenters. The molecule has 3 aliphatic carbocycles. The van der Waals surface area contributed by atoms with Crippen molar-refractivity contribution in [1.82, 2.24) is 10.4 Å². The highest BCUT2D eigenvalue weighted by Gasteiger charge is 2.64. The van der Waals surface area contributed by atoms with Crippen LogP contribution in [0.25, 0.3) is 5.76 Å². The minimum Gasteiger partial charge on any atom is -0.508 e. The van der Waals surface area contributed by atoms with E-state index in [1.54, 1.807) is 19.0 Å². The number of primary amides is 1. The van der Waals surface area contributed by atoms with Crippen LogP contribution in [0, 0.1) is 11.8 Å². The number of benzene rings is 2. The van der Waals surface area contributed by atoms with Gasteiger partial charge in [-0.3, -0.25) is 28.9 Å². The number of phenolic OH excluding ortho intramolecular Hbond substituents is 1. The third-order valence-electron chi connectivity index (χ3n) is 8.87. The number of anilines is 2. The molecule has 2 amide bonds. The van der Waals surface area contributed by atoms with Gasteiger partial charge in [0.2, 0.25) is 11.7 Å². The number of likely N-dealkylation sites (N-methyl/N-ethyl adjacent to an activating group) is 1. The number of Topliss-reactive ketones (excluding diaryl/α,β-unsaturated/α-hetero) is 2. The van der Waals surface area contributed by atoms with Crippen LogP contribution in [-0.2, 0) is 37.0 Å². The van der Waals surface area contributed by atoms with Crippen LogP contribution in [0.15, 0.2) is 53.3 Å². The number of fused-ring (bicyclic) bond motifs is 3. The highest BCUT2D eigenvalue weighted by molar-refractivity contribution is 6.24. The van der Waals surface area contributed by atoms with Crippen molar-refractivity contribution in [2.24, 2.45) is 17.6 Å². The minimum absolute atomic E-state index is 0.0352. The molecule has 1 fully saturated rings. The Morgan fingerprint density at radius 3 is 2.37 bits per heavy atom. The van der Waals surface area contributed by atoms with Gasteiger partial charge in [-0.1, -0.05) is 30.3 Å². The molecule has 3 aliphatic rings. The predicted octanol–water partition coefficient (Wildman–Crippen LogP) is 0.690. The number of aromatic hydroxyl groups is 1. The highest BCUT2D eigenvalue weighted by Crippen LogP contribution is 2.54. The molecule has 0 saturated heterocycles. The number of nitrogens with one attached hydrogen (secondary N) is 2. The molecule has 0 bridgehead atoms. The Morgan fingerprint density at radius 2 is 1.76 bits per heavy atom. The van der Waals surface area contributed by atoms with E-state index in [9.17, 15) is 39.6 Å². The lowest BCUT2D eigenvalue weighted by Crippen LogP contribution is -2.65. The fourth-order valence-electron chi connectivity index (χ4n) is 6.81. The summed E-state index contributed by atoms with van der Waals surface area (Å²) >= 11 is 0. The van der Waals surface area contributed by atoms with E-state index >= 15 is 0 Å². The molecule has 1 saturated carbocycles. The Labute approximate surface area is 264 Å². The molecule has 244 valence electrons. The fourth-order valence-corrected chi connectivity index (χ4v) is 6.81. The first-order valence-electron chi connectivity index (χ1n) is 14.6. The summed E-state index contributed by atoms with van der Waals surface area (Å²) in [5, 5.41) is 48.4. The fraction of sp³-hybridized carbons (Fsp3) is 0.375. The van der Waals surface area contributed by atoms with Gasteiger partial charge in [0.1, 0.15) is 29.4 Å².